The number of rotatable bonds is 6. The van der Waals surface area contributed by atoms with Crippen molar-refractivity contribution in [2.75, 3.05) is 6.61 Å². The van der Waals surface area contributed by atoms with E-state index in [9.17, 15) is 14.4 Å². The largest absolute Gasteiger partial charge is 0.368 e. The van der Waals surface area contributed by atoms with Gasteiger partial charge in [-0.1, -0.05) is 42.5 Å². The second kappa shape index (κ2) is 7.45. The number of Topliss-reactive ketones (excluding diaryl/α,β-unsaturated/α-hetero) is 1. The van der Waals surface area contributed by atoms with E-state index in [0.717, 1.165) is 10.5 Å². The highest BCUT2D eigenvalue weighted by molar-refractivity contribution is 6.23. The van der Waals surface area contributed by atoms with Gasteiger partial charge in [0.25, 0.3) is 11.8 Å². The van der Waals surface area contributed by atoms with Gasteiger partial charge >= 0.3 is 0 Å². The second-order valence-corrected chi connectivity index (χ2v) is 7.60. The summed E-state index contributed by atoms with van der Waals surface area (Å²) in [6.07, 6.45) is 0.263. The van der Waals surface area contributed by atoms with Crippen LogP contribution in [0, 0.1) is 0 Å². The molecule has 5 nitrogen and oxygen atoms in total. The molecule has 1 atom stereocenters. The number of hydrogen-bond donors (Lipinski definition) is 0. The van der Waals surface area contributed by atoms with Gasteiger partial charge in [-0.2, -0.15) is 0 Å². The van der Waals surface area contributed by atoms with Crippen molar-refractivity contribution in [2.45, 2.75) is 38.8 Å². The minimum atomic E-state index is -0.901. The molecule has 140 valence electrons. The highest BCUT2D eigenvalue weighted by Gasteiger charge is 2.42. The van der Waals surface area contributed by atoms with Crippen LogP contribution in [0.1, 0.15) is 47.1 Å². The molecule has 27 heavy (non-hydrogen) atoms. The fourth-order valence-electron chi connectivity index (χ4n) is 3.06. The fraction of sp³-hybridized carbons (Fsp3) is 0.318. The second-order valence-electron chi connectivity index (χ2n) is 7.60. The maximum Gasteiger partial charge on any atom is 0.262 e. The van der Waals surface area contributed by atoms with Gasteiger partial charge in [-0.05, 0) is 38.5 Å². The van der Waals surface area contributed by atoms with Crippen LogP contribution < -0.4 is 0 Å². The third-order valence-electron chi connectivity index (χ3n) is 4.43. The van der Waals surface area contributed by atoms with Crippen LogP contribution in [0.25, 0.3) is 0 Å². The van der Waals surface area contributed by atoms with E-state index in [2.05, 4.69) is 0 Å². The molecule has 0 saturated carbocycles. The average molecular weight is 365 g/mol. The molecule has 1 heterocycles. The number of imide groups is 1. The van der Waals surface area contributed by atoms with Gasteiger partial charge < -0.3 is 4.74 Å². The Kier molecular flexibility index (Phi) is 5.24. The zero-order valence-corrected chi connectivity index (χ0v) is 15.8. The summed E-state index contributed by atoms with van der Waals surface area (Å²) in [7, 11) is 0. The van der Waals surface area contributed by atoms with Gasteiger partial charge in [-0.25, -0.2) is 0 Å². The van der Waals surface area contributed by atoms with Gasteiger partial charge in [-0.3, -0.25) is 19.3 Å². The third-order valence-corrected chi connectivity index (χ3v) is 4.43. The maximum atomic E-state index is 13.0. The molecule has 0 saturated heterocycles. The molecule has 3 rings (SSSR count). The van der Waals surface area contributed by atoms with Gasteiger partial charge in [0.1, 0.15) is 12.6 Å². The number of carbonyl (C=O) groups excluding carboxylic acids is 3. The van der Waals surface area contributed by atoms with Crippen molar-refractivity contribution in [2.24, 2.45) is 0 Å². The van der Waals surface area contributed by atoms with E-state index in [-0.39, 0.29) is 18.8 Å². The molecule has 0 spiro atoms. The summed E-state index contributed by atoms with van der Waals surface area (Å²) in [4.78, 5) is 39.8. The quantitative estimate of drug-likeness (QED) is 0.737. The molecular formula is C22H23NO4. The number of ether oxygens (including phenoxy) is 1. The van der Waals surface area contributed by atoms with Crippen LogP contribution >= 0.6 is 0 Å². The highest BCUT2D eigenvalue weighted by atomic mass is 16.5. The van der Waals surface area contributed by atoms with Crippen LogP contribution in [-0.2, 0) is 16.0 Å². The summed E-state index contributed by atoms with van der Waals surface area (Å²) in [5.74, 6) is -1.15. The fourth-order valence-corrected chi connectivity index (χ4v) is 3.06. The molecule has 2 amide bonds. The van der Waals surface area contributed by atoms with Crippen molar-refractivity contribution in [3.05, 3.63) is 71.3 Å². The van der Waals surface area contributed by atoms with E-state index in [1.165, 1.54) is 0 Å². The van der Waals surface area contributed by atoms with Crippen LogP contribution in [0.15, 0.2) is 54.6 Å². The lowest BCUT2D eigenvalue weighted by Crippen LogP contribution is -2.48. The Morgan fingerprint density at radius 2 is 1.44 bits per heavy atom. The predicted molar refractivity (Wildman–Crippen MR) is 102 cm³/mol. The molecule has 2 aromatic rings. The van der Waals surface area contributed by atoms with Gasteiger partial charge in [0.05, 0.1) is 16.7 Å². The van der Waals surface area contributed by atoms with Crippen molar-refractivity contribution in [1.82, 2.24) is 4.90 Å². The molecular weight excluding hydrogens is 342 g/mol. The van der Waals surface area contributed by atoms with Crippen LogP contribution in [-0.4, -0.2) is 40.7 Å². The summed E-state index contributed by atoms with van der Waals surface area (Å²) in [6, 6.07) is 15.1. The van der Waals surface area contributed by atoms with E-state index in [1.807, 2.05) is 51.1 Å². The van der Waals surface area contributed by atoms with Crippen molar-refractivity contribution in [3.8, 4) is 0 Å². The van der Waals surface area contributed by atoms with Crippen molar-refractivity contribution in [3.63, 3.8) is 0 Å². The molecule has 0 radical (unpaired) electrons. The van der Waals surface area contributed by atoms with E-state index in [0.29, 0.717) is 11.1 Å². The average Bonchev–Trinajstić information content (AvgIpc) is 2.89. The molecule has 0 bridgehead atoms. The van der Waals surface area contributed by atoms with E-state index < -0.39 is 23.5 Å². The number of benzene rings is 2. The SMILES string of the molecule is CC(C)(C)OCC(=O)[C@H](Cc1ccccc1)N1C(=O)c2ccccc2C1=O. The smallest absolute Gasteiger partial charge is 0.262 e. The Hall–Kier alpha value is -2.79. The van der Waals surface area contributed by atoms with Crippen molar-refractivity contribution < 1.29 is 19.1 Å². The van der Waals surface area contributed by atoms with Crippen molar-refractivity contribution in [1.29, 1.82) is 0 Å². The zero-order valence-electron chi connectivity index (χ0n) is 15.8. The van der Waals surface area contributed by atoms with Crippen LogP contribution in [0.2, 0.25) is 0 Å². The lowest BCUT2D eigenvalue weighted by atomic mass is 10.0. The first-order valence-corrected chi connectivity index (χ1v) is 8.95. The lowest BCUT2D eigenvalue weighted by Gasteiger charge is -2.27. The summed E-state index contributed by atoms with van der Waals surface area (Å²) in [5, 5.41) is 0. The Labute approximate surface area is 158 Å². The molecule has 0 unspecified atom stereocenters. The topological polar surface area (TPSA) is 63.7 Å². The maximum absolute atomic E-state index is 13.0. The first-order valence-electron chi connectivity index (χ1n) is 8.95. The molecule has 5 heteroatoms. The highest BCUT2D eigenvalue weighted by Crippen LogP contribution is 2.26. The van der Waals surface area contributed by atoms with Crippen LogP contribution in [0.4, 0.5) is 0 Å². The number of amides is 2. The van der Waals surface area contributed by atoms with Gasteiger partial charge in [-0.15, -0.1) is 0 Å². The first kappa shape index (κ1) is 19.0. The molecule has 1 aliphatic rings. The molecule has 2 aromatic carbocycles. The molecule has 0 aliphatic carbocycles. The summed E-state index contributed by atoms with van der Waals surface area (Å²) >= 11 is 0. The lowest BCUT2D eigenvalue weighted by molar-refractivity contribution is -0.132. The summed E-state index contributed by atoms with van der Waals surface area (Å²) in [5.41, 5.74) is 1.06. The Balaban J connectivity index is 1.91. The van der Waals surface area contributed by atoms with Gasteiger partial charge in [0.15, 0.2) is 5.78 Å². The van der Waals surface area contributed by atoms with E-state index in [4.69, 9.17) is 4.74 Å². The number of hydrogen-bond acceptors (Lipinski definition) is 4. The van der Waals surface area contributed by atoms with Gasteiger partial charge in [0.2, 0.25) is 0 Å². The molecule has 0 fully saturated rings. The Morgan fingerprint density at radius 1 is 0.926 bits per heavy atom. The molecule has 0 aromatic heterocycles. The monoisotopic (exact) mass is 365 g/mol. The normalized spacial score (nSPS) is 15.0. The molecule has 0 N–H and O–H groups in total. The van der Waals surface area contributed by atoms with Crippen LogP contribution in [0.5, 0.6) is 0 Å². The van der Waals surface area contributed by atoms with Crippen molar-refractivity contribution >= 4 is 17.6 Å². The number of nitrogens with zero attached hydrogens (tertiary/aromatic N) is 1. The predicted octanol–water partition coefficient (Wildman–Crippen LogP) is 3.28. The minimum absolute atomic E-state index is 0.158. The molecule has 1 aliphatic heterocycles. The van der Waals surface area contributed by atoms with Crippen LogP contribution in [0.3, 0.4) is 0 Å². The minimum Gasteiger partial charge on any atom is -0.368 e. The third kappa shape index (κ3) is 4.14. The van der Waals surface area contributed by atoms with E-state index in [1.54, 1.807) is 24.3 Å². The number of carbonyl (C=O) groups is 3. The standard InChI is InChI=1S/C22H23NO4/c1-22(2,3)27-14-19(24)18(13-15-9-5-4-6-10-15)23-20(25)16-11-7-8-12-17(16)21(23)26/h4-12,18H,13-14H2,1-3H3/t18-/m0/s1. The summed E-state index contributed by atoms with van der Waals surface area (Å²) < 4.78 is 5.62. The first-order chi connectivity index (χ1) is 12.8. The number of fused-ring (bicyclic) bond motifs is 1. The Bertz CT molecular complexity index is 832. The number of ketones is 1. The van der Waals surface area contributed by atoms with Gasteiger partial charge in [0, 0.05) is 6.42 Å². The van der Waals surface area contributed by atoms with E-state index >= 15 is 0 Å². The zero-order chi connectivity index (χ0) is 19.6. The Morgan fingerprint density at radius 3 is 1.96 bits per heavy atom. The summed E-state index contributed by atoms with van der Waals surface area (Å²) in [6.45, 7) is 5.41.